The number of hydrogen-bond acceptors (Lipinski definition) is 4. The first kappa shape index (κ1) is 14.5. The zero-order chi connectivity index (χ0) is 15.0. The van der Waals surface area contributed by atoms with Gasteiger partial charge < -0.3 is 4.90 Å². The summed E-state index contributed by atoms with van der Waals surface area (Å²) in [7, 11) is -3.11. The van der Waals surface area contributed by atoms with Crippen LogP contribution in [-0.2, 0) is 14.6 Å². The van der Waals surface area contributed by atoms with E-state index in [-0.39, 0.29) is 30.6 Å². The largest absolute Gasteiger partial charge is 0.321 e. The molecule has 0 spiro atoms. The molecule has 2 fully saturated rings. The Bertz CT molecular complexity index is 662. The highest BCUT2D eigenvalue weighted by Gasteiger charge is 2.39. The van der Waals surface area contributed by atoms with Crippen LogP contribution < -0.4 is 5.32 Å². The maximum absolute atomic E-state index is 13.3. The van der Waals surface area contributed by atoms with Gasteiger partial charge in [0, 0.05) is 6.54 Å². The van der Waals surface area contributed by atoms with E-state index in [2.05, 4.69) is 5.32 Å². The quantitative estimate of drug-likeness (QED) is 0.898. The molecule has 2 atom stereocenters. The fourth-order valence-corrected chi connectivity index (χ4v) is 4.82. The zero-order valence-corrected chi connectivity index (χ0v) is 12.3. The third kappa shape index (κ3) is 2.80. The van der Waals surface area contributed by atoms with E-state index in [4.69, 9.17) is 0 Å². The number of nitrogens with one attached hydrogen (secondary N) is 1. The fourth-order valence-electron chi connectivity index (χ4n) is 3.00. The highest BCUT2D eigenvalue weighted by molar-refractivity contribution is 7.92. The van der Waals surface area contributed by atoms with Crippen LogP contribution in [0.3, 0.4) is 0 Å². The molecular formula is C14H17FN2O3S. The van der Waals surface area contributed by atoms with E-state index in [1.165, 1.54) is 17.0 Å². The Hall–Kier alpha value is -1.47. The lowest BCUT2D eigenvalue weighted by molar-refractivity contribution is -0.128. The molecule has 0 radical (unpaired) electrons. The Labute approximate surface area is 123 Å². The average molecular weight is 312 g/mol. The van der Waals surface area contributed by atoms with E-state index in [0.717, 1.165) is 0 Å². The van der Waals surface area contributed by atoms with Gasteiger partial charge in [0.25, 0.3) is 0 Å². The molecule has 21 heavy (non-hydrogen) atoms. The topological polar surface area (TPSA) is 66.5 Å². The lowest BCUT2D eigenvalue weighted by Crippen LogP contribution is -2.38. The number of benzene rings is 1. The van der Waals surface area contributed by atoms with E-state index >= 15 is 0 Å². The highest BCUT2D eigenvalue weighted by Crippen LogP contribution is 2.27. The first-order chi connectivity index (χ1) is 9.97. The number of amides is 1. The van der Waals surface area contributed by atoms with Crippen LogP contribution in [0.15, 0.2) is 24.3 Å². The first-order valence-corrected chi connectivity index (χ1v) is 8.69. The Balaban J connectivity index is 1.83. The minimum absolute atomic E-state index is 0.147. The normalized spacial score (nSPS) is 28.2. The van der Waals surface area contributed by atoms with Crippen molar-refractivity contribution in [2.45, 2.75) is 24.3 Å². The van der Waals surface area contributed by atoms with E-state index in [1.807, 2.05) is 0 Å². The van der Waals surface area contributed by atoms with Crippen LogP contribution in [-0.4, -0.2) is 43.3 Å². The lowest BCUT2D eigenvalue weighted by Gasteiger charge is -2.27. The summed E-state index contributed by atoms with van der Waals surface area (Å²) in [5.74, 6) is -0.328. The second-order valence-corrected chi connectivity index (χ2v) is 7.92. The lowest BCUT2D eigenvalue weighted by atomic mass is 10.1. The monoisotopic (exact) mass is 312 g/mol. The van der Waals surface area contributed by atoms with Crippen LogP contribution in [0.4, 0.5) is 4.39 Å². The zero-order valence-electron chi connectivity index (χ0n) is 11.5. The van der Waals surface area contributed by atoms with Crippen molar-refractivity contribution < 1.29 is 17.6 Å². The fraction of sp³-hybridized carbons (Fsp3) is 0.500. The van der Waals surface area contributed by atoms with Crippen molar-refractivity contribution in [2.24, 2.45) is 0 Å². The van der Waals surface area contributed by atoms with Gasteiger partial charge in [-0.1, -0.05) is 12.1 Å². The van der Waals surface area contributed by atoms with Crippen LogP contribution in [0.25, 0.3) is 0 Å². The molecular weight excluding hydrogens is 295 g/mol. The predicted octanol–water partition coefficient (Wildman–Crippen LogP) is 0.833. The van der Waals surface area contributed by atoms with Crippen LogP contribution in [0.1, 0.15) is 24.6 Å². The van der Waals surface area contributed by atoms with Crippen LogP contribution in [0.2, 0.25) is 0 Å². The van der Waals surface area contributed by atoms with Crippen LogP contribution in [0.5, 0.6) is 0 Å². The van der Waals surface area contributed by atoms with E-state index in [1.54, 1.807) is 12.1 Å². The van der Waals surface area contributed by atoms with Crippen LogP contribution >= 0.6 is 0 Å². The van der Waals surface area contributed by atoms with Gasteiger partial charge in [0.05, 0.1) is 17.5 Å². The molecule has 114 valence electrons. The summed E-state index contributed by atoms with van der Waals surface area (Å²) in [6, 6.07) is 6.02. The molecule has 2 unspecified atom stereocenters. The molecule has 0 aliphatic carbocycles. The van der Waals surface area contributed by atoms with Crippen molar-refractivity contribution in [1.29, 1.82) is 0 Å². The molecule has 2 heterocycles. The first-order valence-electron chi connectivity index (χ1n) is 6.97. The van der Waals surface area contributed by atoms with Gasteiger partial charge in [-0.25, -0.2) is 12.8 Å². The summed E-state index contributed by atoms with van der Waals surface area (Å²) in [6.45, 7) is 0.323. The van der Waals surface area contributed by atoms with Gasteiger partial charge in [0.2, 0.25) is 5.91 Å². The standard InChI is InChI=1S/C14H17FN2O3S/c15-11-4-1-3-10(7-11)14-16-8-13(18)17(14)9-12-5-2-6-21(12,19)20/h1,3-4,7,12,14,16H,2,5-6,8-9H2. The van der Waals surface area contributed by atoms with Gasteiger partial charge in [-0.2, -0.15) is 0 Å². The Kier molecular flexibility index (Phi) is 3.71. The van der Waals surface area contributed by atoms with E-state index in [0.29, 0.717) is 18.4 Å². The summed E-state index contributed by atoms with van der Waals surface area (Å²) in [4.78, 5) is 13.5. The van der Waals surface area contributed by atoms with Crippen molar-refractivity contribution in [2.75, 3.05) is 18.8 Å². The number of halogens is 1. The van der Waals surface area contributed by atoms with Crippen LogP contribution in [0, 0.1) is 5.82 Å². The molecule has 5 nitrogen and oxygen atoms in total. The minimum atomic E-state index is -3.11. The average Bonchev–Trinajstić information content (AvgIpc) is 2.94. The molecule has 0 bridgehead atoms. The van der Waals surface area contributed by atoms with Gasteiger partial charge in [0.15, 0.2) is 9.84 Å². The Morgan fingerprint density at radius 2 is 2.19 bits per heavy atom. The summed E-state index contributed by atoms with van der Waals surface area (Å²) in [5.41, 5.74) is 0.635. The minimum Gasteiger partial charge on any atom is -0.321 e. The van der Waals surface area contributed by atoms with Crippen molar-refractivity contribution in [3.8, 4) is 0 Å². The molecule has 2 aliphatic rings. The van der Waals surface area contributed by atoms with Crippen molar-refractivity contribution in [3.05, 3.63) is 35.6 Å². The highest BCUT2D eigenvalue weighted by atomic mass is 32.2. The predicted molar refractivity (Wildman–Crippen MR) is 75.7 cm³/mol. The van der Waals surface area contributed by atoms with Gasteiger partial charge in [0.1, 0.15) is 12.0 Å². The summed E-state index contributed by atoms with van der Waals surface area (Å²) < 4.78 is 37.2. The number of hydrogen-bond donors (Lipinski definition) is 1. The van der Waals surface area contributed by atoms with Gasteiger partial charge >= 0.3 is 0 Å². The second-order valence-electron chi connectivity index (χ2n) is 5.52. The summed E-state index contributed by atoms with van der Waals surface area (Å²) in [5, 5.41) is 2.51. The molecule has 7 heteroatoms. The Morgan fingerprint density at radius 3 is 2.86 bits per heavy atom. The summed E-state index contributed by atoms with van der Waals surface area (Å²) >= 11 is 0. The van der Waals surface area contributed by atoms with Gasteiger partial charge in [-0.3, -0.25) is 10.1 Å². The number of rotatable bonds is 3. The molecule has 1 amide bonds. The number of carbonyl (C=O) groups is 1. The molecule has 2 saturated heterocycles. The van der Waals surface area contributed by atoms with Gasteiger partial charge in [-0.15, -0.1) is 0 Å². The third-order valence-electron chi connectivity index (χ3n) is 4.11. The van der Waals surface area contributed by atoms with Gasteiger partial charge in [-0.05, 0) is 30.5 Å². The van der Waals surface area contributed by atoms with Crippen molar-refractivity contribution in [3.63, 3.8) is 0 Å². The molecule has 0 aromatic heterocycles. The smallest absolute Gasteiger partial charge is 0.238 e. The summed E-state index contributed by atoms with van der Waals surface area (Å²) in [6.07, 6.45) is 0.777. The molecule has 0 saturated carbocycles. The molecule has 2 aliphatic heterocycles. The Morgan fingerprint density at radius 1 is 1.38 bits per heavy atom. The van der Waals surface area contributed by atoms with Crippen molar-refractivity contribution in [1.82, 2.24) is 10.2 Å². The number of nitrogens with zero attached hydrogens (tertiary/aromatic N) is 1. The van der Waals surface area contributed by atoms with Crippen molar-refractivity contribution >= 4 is 15.7 Å². The molecule has 1 aromatic carbocycles. The number of sulfone groups is 1. The van der Waals surface area contributed by atoms with E-state index in [9.17, 15) is 17.6 Å². The molecule has 1 aromatic rings. The maximum atomic E-state index is 13.3. The second kappa shape index (κ2) is 5.38. The maximum Gasteiger partial charge on any atom is 0.238 e. The molecule has 3 rings (SSSR count). The SMILES string of the molecule is O=C1CNC(c2cccc(F)c2)N1CC1CCCS1(=O)=O. The molecule has 1 N–H and O–H groups in total. The number of carbonyl (C=O) groups excluding carboxylic acids is 1. The van der Waals surface area contributed by atoms with E-state index < -0.39 is 21.3 Å². The third-order valence-corrected chi connectivity index (χ3v) is 6.36.